The summed E-state index contributed by atoms with van der Waals surface area (Å²) >= 11 is 2.29. The van der Waals surface area contributed by atoms with E-state index in [9.17, 15) is 0 Å². The zero-order valence-corrected chi connectivity index (χ0v) is 9.15. The molecule has 0 bridgehead atoms. The molecule has 2 nitrogen and oxygen atoms in total. The van der Waals surface area contributed by atoms with Crippen molar-refractivity contribution >= 4 is 33.5 Å². The van der Waals surface area contributed by atoms with Crippen molar-refractivity contribution in [1.82, 2.24) is 4.98 Å². The molecule has 3 heteroatoms. The van der Waals surface area contributed by atoms with Crippen LogP contribution in [0.3, 0.4) is 0 Å². The monoisotopic (exact) mass is 284 g/mol. The van der Waals surface area contributed by atoms with Crippen LogP contribution in [0.5, 0.6) is 0 Å². The lowest BCUT2D eigenvalue weighted by Gasteiger charge is -2.00. The van der Waals surface area contributed by atoms with Gasteiger partial charge in [-0.1, -0.05) is 0 Å². The maximum Gasteiger partial charge on any atom is 0.0702 e. The molecular weight excluding hydrogens is 275 g/mol. The fourth-order valence-electron chi connectivity index (χ4n) is 1.26. The van der Waals surface area contributed by atoms with Crippen molar-refractivity contribution in [3.63, 3.8) is 0 Å². The van der Waals surface area contributed by atoms with Gasteiger partial charge in [0.2, 0.25) is 0 Å². The predicted octanol–water partition coefficient (Wildman–Crippen LogP) is 2.30. The first-order chi connectivity index (χ1) is 6.29. The van der Waals surface area contributed by atoms with Gasteiger partial charge in [0, 0.05) is 21.7 Å². The molecular formula is C10H9IN2. The van der Waals surface area contributed by atoms with Crippen molar-refractivity contribution in [3.05, 3.63) is 39.6 Å². The van der Waals surface area contributed by atoms with Gasteiger partial charge in [0.15, 0.2) is 0 Å². The Morgan fingerprint density at radius 1 is 1.31 bits per heavy atom. The molecule has 0 aliphatic heterocycles. The van der Waals surface area contributed by atoms with E-state index in [1.165, 1.54) is 3.57 Å². The SMILES string of the molecule is NCc1cnc2ccc(I)cc2c1. The van der Waals surface area contributed by atoms with Crippen LogP contribution in [0.15, 0.2) is 30.5 Å². The summed E-state index contributed by atoms with van der Waals surface area (Å²) in [6.45, 7) is 0.550. The number of benzene rings is 1. The summed E-state index contributed by atoms with van der Waals surface area (Å²) in [7, 11) is 0. The zero-order chi connectivity index (χ0) is 9.26. The molecule has 66 valence electrons. The standard InChI is InChI=1S/C10H9IN2/c11-9-1-2-10-8(4-9)3-7(5-12)6-13-10/h1-4,6H,5,12H2. The summed E-state index contributed by atoms with van der Waals surface area (Å²) in [6, 6.07) is 8.28. The first-order valence-corrected chi connectivity index (χ1v) is 5.12. The van der Waals surface area contributed by atoms with E-state index in [2.05, 4.69) is 45.8 Å². The van der Waals surface area contributed by atoms with Crippen molar-refractivity contribution in [2.45, 2.75) is 6.54 Å². The largest absolute Gasteiger partial charge is 0.326 e. The maximum absolute atomic E-state index is 5.54. The van der Waals surface area contributed by atoms with Crippen molar-refractivity contribution in [2.24, 2.45) is 5.73 Å². The van der Waals surface area contributed by atoms with Crippen LogP contribution < -0.4 is 5.73 Å². The van der Waals surface area contributed by atoms with Crippen LogP contribution in [0.4, 0.5) is 0 Å². The fourth-order valence-corrected chi connectivity index (χ4v) is 1.77. The Morgan fingerprint density at radius 3 is 2.92 bits per heavy atom. The molecule has 0 spiro atoms. The maximum atomic E-state index is 5.54. The normalized spacial score (nSPS) is 10.6. The highest BCUT2D eigenvalue weighted by Crippen LogP contribution is 2.16. The number of rotatable bonds is 1. The summed E-state index contributed by atoms with van der Waals surface area (Å²) in [6.07, 6.45) is 1.83. The lowest BCUT2D eigenvalue weighted by molar-refractivity contribution is 1.06. The molecule has 0 aliphatic rings. The number of nitrogens with two attached hydrogens (primary N) is 1. The number of hydrogen-bond donors (Lipinski definition) is 1. The highest BCUT2D eigenvalue weighted by atomic mass is 127. The average molecular weight is 284 g/mol. The van der Waals surface area contributed by atoms with E-state index < -0.39 is 0 Å². The third-order valence-electron chi connectivity index (χ3n) is 1.94. The van der Waals surface area contributed by atoms with Gasteiger partial charge in [-0.3, -0.25) is 4.98 Å². The Hall–Kier alpha value is -0.680. The molecule has 0 atom stereocenters. The summed E-state index contributed by atoms with van der Waals surface area (Å²) < 4.78 is 1.22. The van der Waals surface area contributed by atoms with Crippen LogP contribution >= 0.6 is 22.6 Å². The topological polar surface area (TPSA) is 38.9 Å². The van der Waals surface area contributed by atoms with Gasteiger partial charge in [-0.05, 0) is 52.4 Å². The summed E-state index contributed by atoms with van der Waals surface area (Å²) in [5.41, 5.74) is 7.64. The molecule has 0 fully saturated rings. The minimum Gasteiger partial charge on any atom is -0.326 e. The van der Waals surface area contributed by atoms with E-state index in [4.69, 9.17) is 5.73 Å². The second-order valence-corrected chi connectivity index (χ2v) is 4.13. The van der Waals surface area contributed by atoms with E-state index in [1.54, 1.807) is 0 Å². The van der Waals surface area contributed by atoms with Gasteiger partial charge in [-0.15, -0.1) is 0 Å². The van der Waals surface area contributed by atoms with Gasteiger partial charge >= 0.3 is 0 Å². The lowest BCUT2D eigenvalue weighted by Crippen LogP contribution is -1.96. The second kappa shape index (κ2) is 3.59. The molecule has 2 aromatic rings. The summed E-state index contributed by atoms with van der Waals surface area (Å²) in [5.74, 6) is 0. The molecule has 0 radical (unpaired) electrons. The molecule has 0 saturated carbocycles. The van der Waals surface area contributed by atoms with Gasteiger partial charge < -0.3 is 5.73 Å². The minimum atomic E-state index is 0.550. The number of hydrogen-bond acceptors (Lipinski definition) is 2. The zero-order valence-electron chi connectivity index (χ0n) is 7.00. The molecule has 2 N–H and O–H groups in total. The Balaban J connectivity index is 2.68. The first kappa shape index (κ1) is 8.90. The lowest BCUT2D eigenvalue weighted by atomic mass is 10.2. The second-order valence-electron chi connectivity index (χ2n) is 2.88. The van der Waals surface area contributed by atoms with Gasteiger partial charge in [0.25, 0.3) is 0 Å². The number of aromatic nitrogens is 1. The van der Waals surface area contributed by atoms with Crippen LogP contribution in [0.2, 0.25) is 0 Å². The summed E-state index contributed by atoms with van der Waals surface area (Å²) in [5, 5.41) is 1.16. The van der Waals surface area contributed by atoms with Gasteiger partial charge in [-0.2, -0.15) is 0 Å². The van der Waals surface area contributed by atoms with Crippen molar-refractivity contribution in [2.75, 3.05) is 0 Å². The van der Waals surface area contributed by atoms with Crippen molar-refractivity contribution in [3.8, 4) is 0 Å². The predicted molar refractivity (Wildman–Crippen MR) is 62.4 cm³/mol. The van der Waals surface area contributed by atoms with Crippen molar-refractivity contribution < 1.29 is 0 Å². The molecule has 0 saturated heterocycles. The Bertz CT molecular complexity index is 440. The van der Waals surface area contributed by atoms with Crippen LogP contribution in [0.25, 0.3) is 10.9 Å². The number of nitrogens with zero attached hydrogens (tertiary/aromatic N) is 1. The smallest absolute Gasteiger partial charge is 0.0702 e. The number of fused-ring (bicyclic) bond motifs is 1. The molecule has 0 amide bonds. The number of pyridine rings is 1. The van der Waals surface area contributed by atoms with E-state index >= 15 is 0 Å². The molecule has 13 heavy (non-hydrogen) atoms. The molecule has 0 unspecified atom stereocenters. The molecule has 1 heterocycles. The van der Waals surface area contributed by atoms with Crippen LogP contribution in [-0.2, 0) is 6.54 Å². The van der Waals surface area contributed by atoms with Gasteiger partial charge in [-0.25, -0.2) is 0 Å². The van der Waals surface area contributed by atoms with Gasteiger partial charge in [0.05, 0.1) is 5.52 Å². The van der Waals surface area contributed by atoms with Crippen LogP contribution in [0, 0.1) is 3.57 Å². The molecule has 0 aliphatic carbocycles. The molecule has 1 aromatic heterocycles. The van der Waals surface area contributed by atoms with Gasteiger partial charge in [0.1, 0.15) is 0 Å². The van der Waals surface area contributed by atoms with E-state index in [0.717, 1.165) is 16.5 Å². The molecule has 2 rings (SSSR count). The highest BCUT2D eigenvalue weighted by Gasteiger charge is 1.96. The first-order valence-electron chi connectivity index (χ1n) is 4.04. The minimum absolute atomic E-state index is 0.550. The Labute approximate surface area is 90.3 Å². The number of halogens is 1. The van der Waals surface area contributed by atoms with Crippen molar-refractivity contribution in [1.29, 1.82) is 0 Å². The van der Waals surface area contributed by atoms with E-state index in [-0.39, 0.29) is 0 Å². The quantitative estimate of drug-likeness (QED) is 0.816. The third kappa shape index (κ3) is 1.81. The third-order valence-corrected chi connectivity index (χ3v) is 2.61. The van der Waals surface area contributed by atoms with E-state index in [1.807, 2.05) is 12.3 Å². The fraction of sp³-hybridized carbons (Fsp3) is 0.100. The highest BCUT2D eigenvalue weighted by molar-refractivity contribution is 14.1. The van der Waals surface area contributed by atoms with Crippen LogP contribution in [0.1, 0.15) is 5.56 Å². The van der Waals surface area contributed by atoms with Crippen LogP contribution in [-0.4, -0.2) is 4.98 Å². The average Bonchev–Trinajstić information content (AvgIpc) is 2.16. The Morgan fingerprint density at radius 2 is 2.15 bits per heavy atom. The Kier molecular flexibility index (Phi) is 2.46. The van der Waals surface area contributed by atoms with E-state index in [0.29, 0.717) is 6.54 Å². The molecule has 1 aromatic carbocycles. The summed E-state index contributed by atoms with van der Waals surface area (Å²) in [4.78, 5) is 4.31.